The molecule has 3 heteroatoms. The number of rotatable bonds is 2. The van der Waals surface area contributed by atoms with Crippen molar-refractivity contribution in [1.29, 1.82) is 0 Å². The maximum absolute atomic E-state index is 12.7. The maximum atomic E-state index is 12.7. The molecule has 0 aliphatic carbocycles. The number of hydrogen-bond acceptors (Lipinski definition) is 2. The molecule has 0 amide bonds. The minimum absolute atomic E-state index is 0.198. The van der Waals surface area contributed by atoms with Gasteiger partial charge in [0.1, 0.15) is 6.33 Å². The van der Waals surface area contributed by atoms with E-state index < -0.39 is 0 Å². The van der Waals surface area contributed by atoms with Crippen LogP contribution in [-0.4, -0.2) is 9.97 Å². The molecule has 2 nitrogen and oxygen atoms in total. The molecule has 0 fully saturated rings. The van der Waals surface area contributed by atoms with E-state index >= 15 is 0 Å². The van der Waals surface area contributed by atoms with E-state index in [1.807, 2.05) is 24.3 Å². The molecule has 0 aliphatic heterocycles. The Balaban J connectivity index is 2.30. The van der Waals surface area contributed by atoms with Gasteiger partial charge < -0.3 is 0 Å². The Morgan fingerprint density at radius 3 is 2.25 bits per heavy atom. The van der Waals surface area contributed by atoms with Crippen LogP contribution in [0.2, 0.25) is 0 Å². The van der Waals surface area contributed by atoms with Crippen molar-refractivity contribution in [2.75, 3.05) is 0 Å². The quantitative estimate of drug-likeness (QED) is 0.764. The van der Waals surface area contributed by atoms with E-state index in [0.29, 0.717) is 0 Å². The van der Waals surface area contributed by atoms with Crippen molar-refractivity contribution in [3.05, 3.63) is 54.4 Å². The lowest BCUT2D eigenvalue weighted by Crippen LogP contribution is -1.82. The monoisotopic (exact) mass is 214 g/mol. The minimum Gasteiger partial charge on any atom is -0.244 e. The molecule has 1 aromatic carbocycles. The van der Waals surface area contributed by atoms with Gasteiger partial charge in [-0.15, -0.1) is 0 Å². The van der Waals surface area contributed by atoms with Crippen LogP contribution in [-0.2, 0) is 0 Å². The highest BCUT2D eigenvalue weighted by Crippen LogP contribution is 2.18. The van der Waals surface area contributed by atoms with Crippen molar-refractivity contribution < 1.29 is 4.39 Å². The van der Waals surface area contributed by atoms with Gasteiger partial charge in [-0.3, -0.25) is 0 Å². The molecule has 0 saturated carbocycles. The van der Waals surface area contributed by atoms with Gasteiger partial charge in [0.05, 0.1) is 5.83 Å². The second kappa shape index (κ2) is 4.66. The van der Waals surface area contributed by atoms with Gasteiger partial charge in [-0.25, -0.2) is 14.4 Å². The molecule has 0 spiro atoms. The Labute approximate surface area is 93.5 Å². The minimum atomic E-state index is -0.198. The van der Waals surface area contributed by atoms with Gasteiger partial charge in [-0.2, -0.15) is 0 Å². The molecule has 0 aliphatic rings. The van der Waals surface area contributed by atoms with Crippen molar-refractivity contribution in [1.82, 2.24) is 9.97 Å². The maximum Gasteiger partial charge on any atom is 0.115 e. The molecule has 1 heterocycles. The molecule has 0 radical (unpaired) electrons. The fourth-order valence-corrected chi connectivity index (χ4v) is 1.45. The first-order chi connectivity index (χ1) is 7.75. The van der Waals surface area contributed by atoms with Crippen molar-refractivity contribution in [2.45, 2.75) is 6.92 Å². The van der Waals surface area contributed by atoms with E-state index in [0.717, 1.165) is 16.7 Å². The first kappa shape index (κ1) is 10.5. The molecule has 0 saturated heterocycles. The number of benzene rings is 1. The van der Waals surface area contributed by atoms with Crippen LogP contribution in [0.4, 0.5) is 4.39 Å². The van der Waals surface area contributed by atoms with Crippen LogP contribution in [0.15, 0.2) is 48.8 Å². The molecular formula is C13H11FN2. The van der Waals surface area contributed by atoms with E-state index in [1.54, 1.807) is 12.4 Å². The molecule has 0 unspecified atom stereocenters. The van der Waals surface area contributed by atoms with Crippen LogP contribution in [0, 0.1) is 0 Å². The summed E-state index contributed by atoms with van der Waals surface area (Å²) in [5.74, 6) is -0.198. The highest BCUT2D eigenvalue weighted by atomic mass is 19.1. The summed E-state index contributed by atoms with van der Waals surface area (Å²) >= 11 is 0. The van der Waals surface area contributed by atoms with Crippen molar-refractivity contribution >= 4 is 6.08 Å². The van der Waals surface area contributed by atoms with Crippen LogP contribution in [0.25, 0.3) is 17.2 Å². The SMILES string of the molecule is C/C(F)=C\c1ccc(-c2cncnc2)cc1. The van der Waals surface area contributed by atoms with E-state index in [4.69, 9.17) is 0 Å². The van der Waals surface area contributed by atoms with Gasteiger partial charge in [0.2, 0.25) is 0 Å². The first-order valence-corrected chi connectivity index (χ1v) is 4.95. The standard InChI is InChI=1S/C13H11FN2/c1-10(14)6-11-2-4-12(5-3-11)13-7-15-9-16-8-13/h2-9H,1H3/b10-6+. The summed E-state index contributed by atoms with van der Waals surface area (Å²) in [6, 6.07) is 7.58. The van der Waals surface area contributed by atoms with E-state index in [9.17, 15) is 4.39 Å². The Bertz CT molecular complexity index is 485. The van der Waals surface area contributed by atoms with Crippen molar-refractivity contribution in [3.63, 3.8) is 0 Å². The Morgan fingerprint density at radius 2 is 1.69 bits per heavy atom. The highest BCUT2D eigenvalue weighted by molar-refractivity contribution is 5.64. The number of halogens is 1. The Hall–Kier alpha value is -2.03. The molecule has 2 rings (SSSR count). The van der Waals surface area contributed by atoms with Crippen molar-refractivity contribution in [2.24, 2.45) is 0 Å². The summed E-state index contributed by atoms with van der Waals surface area (Å²) in [6.07, 6.45) is 6.48. The average Bonchev–Trinajstić information content (AvgIpc) is 2.30. The third-order valence-corrected chi connectivity index (χ3v) is 2.17. The van der Waals surface area contributed by atoms with Crippen LogP contribution in [0.5, 0.6) is 0 Å². The fraction of sp³-hybridized carbons (Fsp3) is 0.0769. The zero-order valence-electron chi connectivity index (χ0n) is 8.89. The highest BCUT2D eigenvalue weighted by Gasteiger charge is 1.97. The number of nitrogens with zero attached hydrogens (tertiary/aromatic N) is 2. The third-order valence-electron chi connectivity index (χ3n) is 2.17. The Kier molecular flexibility index (Phi) is 3.05. The lowest BCUT2D eigenvalue weighted by atomic mass is 10.1. The third kappa shape index (κ3) is 2.51. The molecule has 0 N–H and O–H groups in total. The van der Waals surface area contributed by atoms with Crippen molar-refractivity contribution in [3.8, 4) is 11.1 Å². The van der Waals surface area contributed by atoms with Gasteiger partial charge in [-0.1, -0.05) is 24.3 Å². The molecule has 16 heavy (non-hydrogen) atoms. The van der Waals surface area contributed by atoms with E-state index in [1.165, 1.54) is 19.3 Å². The predicted molar refractivity (Wildman–Crippen MR) is 62.2 cm³/mol. The van der Waals surface area contributed by atoms with Gasteiger partial charge in [0.25, 0.3) is 0 Å². The van der Waals surface area contributed by atoms with Gasteiger partial charge >= 0.3 is 0 Å². The summed E-state index contributed by atoms with van der Waals surface area (Å²) in [5.41, 5.74) is 2.82. The summed E-state index contributed by atoms with van der Waals surface area (Å²) in [5, 5.41) is 0. The van der Waals surface area contributed by atoms with Crippen LogP contribution in [0.3, 0.4) is 0 Å². The lowest BCUT2D eigenvalue weighted by Gasteiger charge is -2.00. The molecular weight excluding hydrogens is 203 g/mol. The zero-order chi connectivity index (χ0) is 11.4. The van der Waals surface area contributed by atoms with Crippen LogP contribution in [0.1, 0.15) is 12.5 Å². The summed E-state index contributed by atoms with van der Waals surface area (Å²) in [7, 11) is 0. The lowest BCUT2D eigenvalue weighted by molar-refractivity contribution is 0.648. The summed E-state index contributed by atoms with van der Waals surface area (Å²) in [6.45, 7) is 1.43. The average molecular weight is 214 g/mol. The topological polar surface area (TPSA) is 25.8 Å². The van der Waals surface area contributed by atoms with Crippen LogP contribution < -0.4 is 0 Å². The molecule has 1 aromatic heterocycles. The van der Waals surface area contributed by atoms with E-state index in [-0.39, 0.29) is 5.83 Å². The first-order valence-electron chi connectivity index (χ1n) is 4.95. The number of hydrogen-bond donors (Lipinski definition) is 0. The van der Waals surface area contributed by atoms with Gasteiger partial charge in [0.15, 0.2) is 0 Å². The summed E-state index contributed by atoms with van der Waals surface area (Å²) < 4.78 is 12.7. The van der Waals surface area contributed by atoms with E-state index in [2.05, 4.69) is 9.97 Å². The fourth-order valence-electron chi connectivity index (χ4n) is 1.45. The molecule has 0 atom stereocenters. The smallest absolute Gasteiger partial charge is 0.115 e. The molecule has 0 bridgehead atoms. The molecule has 2 aromatic rings. The summed E-state index contributed by atoms with van der Waals surface area (Å²) in [4.78, 5) is 7.90. The second-order valence-electron chi connectivity index (χ2n) is 3.48. The second-order valence-corrected chi connectivity index (χ2v) is 3.48. The zero-order valence-corrected chi connectivity index (χ0v) is 8.89. The van der Waals surface area contributed by atoms with Gasteiger partial charge in [-0.05, 0) is 24.1 Å². The predicted octanol–water partition coefficient (Wildman–Crippen LogP) is 3.47. The number of aromatic nitrogens is 2. The van der Waals surface area contributed by atoms with Crippen LogP contribution >= 0.6 is 0 Å². The largest absolute Gasteiger partial charge is 0.244 e. The Morgan fingerprint density at radius 1 is 1.06 bits per heavy atom. The molecule has 80 valence electrons. The van der Waals surface area contributed by atoms with Gasteiger partial charge in [0, 0.05) is 18.0 Å². The normalized spacial score (nSPS) is 11.5. The number of allylic oxidation sites excluding steroid dienone is 1.